The number of primary amides is 1. The van der Waals surface area contributed by atoms with Crippen molar-refractivity contribution >= 4 is 40.3 Å². The van der Waals surface area contributed by atoms with Gasteiger partial charge in [0.2, 0.25) is 0 Å². The highest BCUT2D eigenvalue weighted by Crippen LogP contribution is 2.27. The number of nitrogens with one attached hydrogen (secondary N) is 1. The number of rotatable bonds is 4. The number of H-pyrrole nitrogens is 1. The summed E-state index contributed by atoms with van der Waals surface area (Å²) in [6.07, 6.45) is 0. The van der Waals surface area contributed by atoms with Crippen LogP contribution in [0, 0.1) is 0 Å². The van der Waals surface area contributed by atoms with Gasteiger partial charge in [0.05, 0.1) is 15.7 Å². The lowest BCUT2D eigenvalue weighted by Crippen LogP contribution is -2.15. The number of nitrogens with zero attached hydrogens (tertiary/aromatic N) is 3. The maximum Gasteiger partial charge on any atom is 0.332 e. The van der Waals surface area contributed by atoms with Crippen molar-refractivity contribution in [1.29, 1.82) is 0 Å². The summed E-state index contributed by atoms with van der Waals surface area (Å²) in [5.74, 6) is -0.127. The van der Waals surface area contributed by atoms with E-state index in [4.69, 9.17) is 28.9 Å². The normalized spacial score (nSPS) is 11.4. The quantitative estimate of drug-likeness (QED) is 0.491. The van der Waals surface area contributed by atoms with Crippen LogP contribution in [0.25, 0.3) is 28.2 Å². The highest BCUT2D eigenvalue weighted by molar-refractivity contribution is 6.42. The highest BCUT2D eigenvalue weighted by Gasteiger charge is 2.20. The Balaban J connectivity index is 1.99. The fraction of sp³-hybridized carbons (Fsp3) is 0.143. The van der Waals surface area contributed by atoms with Crippen molar-refractivity contribution in [2.75, 3.05) is 0 Å². The van der Waals surface area contributed by atoms with Crippen molar-refractivity contribution in [3.63, 3.8) is 0 Å². The Hall–Kier alpha value is -3.16. The summed E-state index contributed by atoms with van der Waals surface area (Å²) in [5.41, 5.74) is 7.61. The van der Waals surface area contributed by atoms with Gasteiger partial charge in [0.1, 0.15) is 5.52 Å². The van der Waals surface area contributed by atoms with E-state index < -0.39 is 11.6 Å². The number of aromatic amines is 1. The Morgan fingerprint density at radius 2 is 1.77 bits per heavy atom. The van der Waals surface area contributed by atoms with E-state index in [1.165, 1.54) is 4.57 Å². The molecule has 0 atom stereocenters. The average molecular weight is 442 g/mol. The number of hydrogen-bond donors (Lipinski definition) is 2. The summed E-state index contributed by atoms with van der Waals surface area (Å²) in [5, 5.41) is 0.635. The number of nitrogens with two attached hydrogens (primary N) is 1. The summed E-state index contributed by atoms with van der Waals surface area (Å²) in [6.45, 7) is 4.19. The van der Waals surface area contributed by atoms with Gasteiger partial charge in [0.15, 0.2) is 17.2 Å². The molecule has 0 aliphatic carbocycles. The Labute approximate surface area is 181 Å². The predicted octanol–water partition coefficient (Wildman–Crippen LogP) is 4.30. The fourth-order valence-electron chi connectivity index (χ4n) is 3.17. The lowest BCUT2D eigenvalue weighted by atomic mass is 10.0. The zero-order valence-electron chi connectivity index (χ0n) is 16.1. The second-order valence-electron chi connectivity index (χ2n) is 7.10. The Kier molecular flexibility index (Phi) is 5.09. The minimum absolute atomic E-state index is 0.0705. The summed E-state index contributed by atoms with van der Waals surface area (Å²) in [6, 6.07) is 12.4. The van der Waals surface area contributed by atoms with Crippen molar-refractivity contribution in [1.82, 2.24) is 19.5 Å². The van der Waals surface area contributed by atoms with Gasteiger partial charge in [-0.25, -0.2) is 19.3 Å². The molecule has 30 heavy (non-hydrogen) atoms. The van der Waals surface area contributed by atoms with Crippen LogP contribution in [0.3, 0.4) is 0 Å². The van der Waals surface area contributed by atoms with Crippen molar-refractivity contribution in [2.45, 2.75) is 19.8 Å². The molecule has 4 rings (SSSR count). The third-order valence-corrected chi connectivity index (χ3v) is 5.51. The molecule has 2 heterocycles. The number of imidazole rings is 1. The van der Waals surface area contributed by atoms with E-state index in [0.717, 1.165) is 5.56 Å². The second-order valence-corrected chi connectivity index (χ2v) is 7.91. The molecule has 0 spiro atoms. The maximum atomic E-state index is 12.7. The summed E-state index contributed by atoms with van der Waals surface area (Å²) in [4.78, 5) is 36.2. The molecule has 152 valence electrons. The first-order chi connectivity index (χ1) is 14.3. The van der Waals surface area contributed by atoms with Gasteiger partial charge in [-0.1, -0.05) is 61.3 Å². The first-order valence-electron chi connectivity index (χ1n) is 9.14. The molecule has 1 amide bonds. The first kappa shape index (κ1) is 20.1. The number of hydrogen-bond acceptors (Lipinski definition) is 4. The van der Waals surface area contributed by atoms with Crippen molar-refractivity contribution < 1.29 is 4.79 Å². The van der Waals surface area contributed by atoms with Gasteiger partial charge in [0, 0.05) is 5.56 Å². The molecule has 0 fully saturated rings. The molecule has 2 aromatic carbocycles. The highest BCUT2D eigenvalue weighted by atomic mass is 35.5. The van der Waals surface area contributed by atoms with Gasteiger partial charge in [0.25, 0.3) is 5.91 Å². The number of carbonyl (C=O) groups is 1. The maximum absolute atomic E-state index is 12.7. The minimum atomic E-state index is -0.773. The molecule has 7 nitrogen and oxygen atoms in total. The summed E-state index contributed by atoms with van der Waals surface area (Å²) < 4.78 is 1.30. The Morgan fingerprint density at radius 3 is 2.37 bits per heavy atom. The van der Waals surface area contributed by atoms with Crippen LogP contribution in [-0.2, 0) is 0 Å². The van der Waals surface area contributed by atoms with E-state index >= 15 is 0 Å². The number of aromatic nitrogens is 4. The number of halogens is 2. The van der Waals surface area contributed by atoms with Gasteiger partial charge in [-0.2, -0.15) is 0 Å². The zero-order valence-corrected chi connectivity index (χ0v) is 17.6. The minimum Gasteiger partial charge on any atom is -0.364 e. The van der Waals surface area contributed by atoms with E-state index in [1.807, 2.05) is 24.3 Å². The largest absolute Gasteiger partial charge is 0.364 e. The van der Waals surface area contributed by atoms with Crippen LogP contribution in [-0.4, -0.2) is 25.4 Å². The van der Waals surface area contributed by atoms with E-state index in [1.54, 1.807) is 18.2 Å². The molecule has 0 saturated carbocycles. The average Bonchev–Trinajstić information content (AvgIpc) is 3.05. The number of amides is 1. The summed E-state index contributed by atoms with van der Waals surface area (Å²) in [7, 11) is 0. The van der Waals surface area contributed by atoms with Crippen molar-refractivity contribution in [2.24, 2.45) is 5.73 Å². The predicted molar refractivity (Wildman–Crippen MR) is 118 cm³/mol. The molecule has 4 aromatic rings. The van der Waals surface area contributed by atoms with E-state index in [2.05, 4.69) is 28.8 Å². The molecule has 2 aromatic heterocycles. The molecule has 0 radical (unpaired) electrons. The number of benzene rings is 2. The van der Waals surface area contributed by atoms with Gasteiger partial charge < -0.3 is 10.7 Å². The number of carbonyl (C=O) groups excluding carboxylic acids is 1. The van der Waals surface area contributed by atoms with Gasteiger partial charge >= 0.3 is 5.69 Å². The van der Waals surface area contributed by atoms with Gasteiger partial charge in [-0.05, 0) is 29.7 Å². The van der Waals surface area contributed by atoms with Gasteiger partial charge in [-0.15, -0.1) is 0 Å². The fourth-order valence-corrected chi connectivity index (χ4v) is 3.47. The standard InChI is InChI=1S/C21H17Cl2N5O2/c1-10(2)11-3-5-12(6-4-11)19-25-16(18(24)29)17-20(27-19)28(21(30)26-17)13-7-8-14(22)15(23)9-13/h3-10H,1-2H3,(H2,24,29)(H,26,30). The molecule has 0 aliphatic heterocycles. The number of fused-ring (bicyclic) bond motifs is 1. The first-order valence-corrected chi connectivity index (χ1v) is 9.90. The van der Waals surface area contributed by atoms with E-state index in [0.29, 0.717) is 22.2 Å². The second kappa shape index (κ2) is 7.59. The lowest BCUT2D eigenvalue weighted by molar-refractivity contribution is 0.0997. The molecule has 3 N–H and O–H groups in total. The zero-order chi connectivity index (χ0) is 21.6. The van der Waals surface area contributed by atoms with Crippen LogP contribution >= 0.6 is 23.2 Å². The third kappa shape index (κ3) is 3.46. The molecule has 0 saturated heterocycles. The SMILES string of the molecule is CC(C)c1ccc(-c2nc(C(N)=O)c3[nH]c(=O)n(-c4ccc(Cl)c(Cl)c4)c3n2)cc1. The van der Waals surface area contributed by atoms with Crippen molar-refractivity contribution in [3.8, 4) is 17.1 Å². The van der Waals surface area contributed by atoms with Crippen LogP contribution in [0.4, 0.5) is 0 Å². The van der Waals surface area contributed by atoms with Crippen LogP contribution in [0.5, 0.6) is 0 Å². The lowest BCUT2D eigenvalue weighted by Gasteiger charge is -2.09. The van der Waals surface area contributed by atoms with Crippen LogP contribution in [0.2, 0.25) is 10.0 Å². The topological polar surface area (TPSA) is 107 Å². The molecular weight excluding hydrogens is 425 g/mol. The molecule has 0 bridgehead atoms. The van der Waals surface area contributed by atoms with E-state index in [-0.39, 0.29) is 27.7 Å². The smallest absolute Gasteiger partial charge is 0.332 e. The van der Waals surface area contributed by atoms with Crippen LogP contribution in [0.15, 0.2) is 47.3 Å². The molecule has 0 aliphatic rings. The summed E-state index contributed by atoms with van der Waals surface area (Å²) >= 11 is 12.1. The monoisotopic (exact) mass is 441 g/mol. The Morgan fingerprint density at radius 1 is 1.07 bits per heavy atom. The van der Waals surface area contributed by atoms with Gasteiger partial charge in [-0.3, -0.25) is 4.79 Å². The molecule has 0 unspecified atom stereocenters. The van der Waals surface area contributed by atoms with Crippen LogP contribution in [0.1, 0.15) is 35.8 Å². The van der Waals surface area contributed by atoms with E-state index in [9.17, 15) is 9.59 Å². The Bertz CT molecular complexity index is 1340. The molecule has 9 heteroatoms. The third-order valence-electron chi connectivity index (χ3n) is 4.77. The molecular formula is C21H17Cl2N5O2. The van der Waals surface area contributed by atoms with Crippen LogP contribution < -0.4 is 11.4 Å². The van der Waals surface area contributed by atoms with Crippen molar-refractivity contribution in [3.05, 3.63) is 74.3 Å².